The molecule has 0 atom stereocenters. The molecule has 0 aliphatic rings. The third-order valence-electron chi connectivity index (χ3n) is 6.72. The molecule has 6 heteroatoms. The maximum Gasteiger partial charge on any atom is 0.224 e. The number of aryl methyl sites for hydroxylation is 2. The van der Waals surface area contributed by atoms with Gasteiger partial charge < -0.3 is 14.5 Å². The number of carbonyl (C=O) groups excluding carboxylic acids is 1. The number of methoxy groups -OCH3 is 1. The molecule has 5 nitrogen and oxygen atoms in total. The maximum absolute atomic E-state index is 12.9. The van der Waals surface area contributed by atoms with E-state index in [4.69, 9.17) is 9.72 Å². The molecule has 0 radical (unpaired) electrons. The zero-order chi connectivity index (χ0) is 26.1. The summed E-state index contributed by atoms with van der Waals surface area (Å²) >= 11 is 1.78. The molecule has 0 fully saturated rings. The lowest BCUT2D eigenvalue weighted by Crippen LogP contribution is -2.13. The number of thiophene rings is 1. The highest BCUT2D eigenvalue weighted by Gasteiger charge is 2.17. The third kappa shape index (κ3) is 4.78. The number of anilines is 1. The normalized spacial score (nSPS) is 11.2. The van der Waals surface area contributed by atoms with Crippen molar-refractivity contribution in [3.63, 3.8) is 0 Å². The molecule has 6 aromatic rings. The van der Waals surface area contributed by atoms with Crippen LogP contribution in [0.5, 0.6) is 5.75 Å². The minimum absolute atomic E-state index is 0.0411. The number of hydrogen-bond donors (Lipinski definition) is 1. The van der Waals surface area contributed by atoms with E-state index in [2.05, 4.69) is 89.6 Å². The molecule has 0 spiro atoms. The number of nitrogens with one attached hydrogen (secondary N) is 1. The van der Waals surface area contributed by atoms with Gasteiger partial charge in [-0.15, -0.1) is 11.3 Å². The van der Waals surface area contributed by atoms with Crippen molar-refractivity contribution < 1.29 is 9.53 Å². The molecule has 188 valence electrons. The van der Waals surface area contributed by atoms with Gasteiger partial charge in [0.25, 0.3) is 0 Å². The van der Waals surface area contributed by atoms with E-state index in [0.29, 0.717) is 12.8 Å². The van der Waals surface area contributed by atoms with Gasteiger partial charge in [-0.1, -0.05) is 48.0 Å². The van der Waals surface area contributed by atoms with Gasteiger partial charge in [-0.25, -0.2) is 4.98 Å². The van der Waals surface area contributed by atoms with Crippen molar-refractivity contribution in [2.24, 2.45) is 0 Å². The summed E-state index contributed by atoms with van der Waals surface area (Å²) in [5.41, 5.74) is 6.94. The number of hydrogen-bond acceptors (Lipinski definition) is 4. The average molecular weight is 518 g/mol. The van der Waals surface area contributed by atoms with Gasteiger partial charge in [-0.3, -0.25) is 4.79 Å². The Morgan fingerprint density at radius 3 is 2.47 bits per heavy atom. The van der Waals surface area contributed by atoms with Crippen LogP contribution in [-0.4, -0.2) is 22.4 Å². The first-order chi connectivity index (χ1) is 18.6. The van der Waals surface area contributed by atoms with Crippen LogP contribution < -0.4 is 10.1 Å². The van der Waals surface area contributed by atoms with E-state index in [1.54, 1.807) is 18.4 Å². The predicted octanol–water partition coefficient (Wildman–Crippen LogP) is 7.77. The van der Waals surface area contributed by atoms with Gasteiger partial charge in [0.15, 0.2) is 0 Å². The molecule has 0 bridgehead atoms. The van der Waals surface area contributed by atoms with E-state index < -0.39 is 0 Å². The molecule has 0 saturated heterocycles. The van der Waals surface area contributed by atoms with Crippen LogP contribution in [0, 0.1) is 6.92 Å². The van der Waals surface area contributed by atoms with Gasteiger partial charge in [0, 0.05) is 39.0 Å². The molecule has 6 rings (SSSR count). The Balaban J connectivity index is 1.35. The molecule has 38 heavy (non-hydrogen) atoms. The van der Waals surface area contributed by atoms with E-state index in [9.17, 15) is 4.79 Å². The first-order valence-corrected chi connectivity index (χ1v) is 13.4. The molecule has 3 aromatic carbocycles. The average Bonchev–Trinajstić information content (AvgIpc) is 3.54. The molecule has 1 N–H and O–H groups in total. The standard InChI is InChI=1S/C32H27N3O2S/c1-21-7-9-22(10-8-21)32-27(16-18-31(36)33-25-12-14-26(37-2)15-13-25)35-20-24(11-17-30(35)34-32)29-19-23-5-3-4-6-28(23)38-29/h3-15,17,19-20H,16,18H2,1-2H3,(H,33,36). The van der Waals surface area contributed by atoms with Crippen LogP contribution >= 0.6 is 11.3 Å². The smallest absolute Gasteiger partial charge is 0.224 e. The van der Waals surface area contributed by atoms with E-state index in [1.165, 1.54) is 20.5 Å². The first kappa shape index (κ1) is 23.9. The van der Waals surface area contributed by atoms with Crippen molar-refractivity contribution in [3.05, 3.63) is 108 Å². The van der Waals surface area contributed by atoms with Crippen molar-refractivity contribution in [1.82, 2.24) is 9.38 Å². The van der Waals surface area contributed by atoms with Gasteiger partial charge in [-0.05, 0) is 67.3 Å². The molecule has 0 aliphatic carbocycles. The van der Waals surface area contributed by atoms with Gasteiger partial charge in [0.1, 0.15) is 11.4 Å². The fourth-order valence-corrected chi connectivity index (χ4v) is 5.73. The third-order valence-corrected chi connectivity index (χ3v) is 7.88. The second-order valence-electron chi connectivity index (χ2n) is 9.34. The molecule has 0 saturated carbocycles. The Morgan fingerprint density at radius 1 is 0.947 bits per heavy atom. The zero-order valence-electron chi connectivity index (χ0n) is 21.3. The number of ether oxygens (including phenoxy) is 1. The van der Waals surface area contributed by atoms with Crippen LogP contribution in [0.3, 0.4) is 0 Å². The van der Waals surface area contributed by atoms with Gasteiger partial charge in [0.05, 0.1) is 18.5 Å². The highest BCUT2D eigenvalue weighted by atomic mass is 32.1. The molecule has 3 aromatic heterocycles. The van der Waals surface area contributed by atoms with Crippen molar-refractivity contribution in [2.45, 2.75) is 19.8 Å². The van der Waals surface area contributed by atoms with Crippen molar-refractivity contribution in [1.29, 1.82) is 0 Å². The van der Waals surface area contributed by atoms with E-state index in [-0.39, 0.29) is 5.91 Å². The van der Waals surface area contributed by atoms with Crippen LogP contribution in [0.2, 0.25) is 0 Å². The van der Waals surface area contributed by atoms with Gasteiger partial charge >= 0.3 is 0 Å². The fourth-order valence-electron chi connectivity index (χ4n) is 4.67. The van der Waals surface area contributed by atoms with Crippen LogP contribution in [0.15, 0.2) is 97.2 Å². The van der Waals surface area contributed by atoms with Crippen LogP contribution in [0.25, 0.3) is 37.4 Å². The predicted molar refractivity (Wildman–Crippen MR) is 156 cm³/mol. The van der Waals surface area contributed by atoms with Crippen LogP contribution in [0.1, 0.15) is 17.7 Å². The second kappa shape index (κ2) is 10.1. The first-order valence-electron chi connectivity index (χ1n) is 12.6. The lowest BCUT2D eigenvalue weighted by Gasteiger charge is -2.09. The molecule has 1 amide bonds. The molecular weight excluding hydrogens is 490 g/mol. The maximum atomic E-state index is 12.9. The Bertz CT molecular complexity index is 1720. The number of aromatic nitrogens is 2. The topological polar surface area (TPSA) is 55.6 Å². The van der Waals surface area contributed by atoms with E-state index in [1.807, 2.05) is 24.3 Å². The number of imidazole rings is 1. The number of carbonyl (C=O) groups is 1. The SMILES string of the molecule is COc1ccc(NC(=O)CCc2c(-c3ccc(C)cc3)nc3ccc(-c4cc5ccccc5s4)cn23)cc1. The minimum Gasteiger partial charge on any atom is -0.497 e. The van der Waals surface area contributed by atoms with Crippen molar-refractivity contribution in [2.75, 3.05) is 12.4 Å². The number of rotatable bonds is 7. The summed E-state index contributed by atoms with van der Waals surface area (Å²) in [6.45, 7) is 2.08. The Kier molecular flexibility index (Phi) is 6.40. The molecule has 0 unspecified atom stereocenters. The van der Waals surface area contributed by atoms with Crippen LogP contribution in [0.4, 0.5) is 5.69 Å². The lowest BCUT2D eigenvalue weighted by atomic mass is 10.1. The summed E-state index contributed by atoms with van der Waals surface area (Å²) in [5, 5.41) is 4.24. The Labute approximate surface area is 225 Å². The summed E-state index contributed by atoms with van der Waals surface area (Å²) in [6.07, 6.45) is 3.05. The van der Waals surface area contributed by atoms with Gasteiger partial charge in [0.2, 0.25) is 5.91 Å². The van der Waals surface area contributed by atoms with E-state index >= 15 is 0 Å². The molecule has 0 aliphatic heterocycles. The van der Waals surface area contributed by atoms with Gasteiger partial charge in [-0.2, -0.15) is 0 Å². The second-order valence-corrected chi connectivity index (χ2v) is 10.4. The number of amides is 1. The summed E-state index contributed by atoms with van der Waals surface area (Å²) in [5.74, 6) is 0.714. The summed E-state index contributed by atoms with van der Waals surface area (Å²) in [6, 6.07) is 30.7. The zero-order valence-corrected chi connectivity index (χ0v) is 22.1. The van der Waals surface area contributed by atoms with E-state index in [0.717, 1.165) is 39.6 Å². The highest BCUT2D eigenvalue weighted by molar-refractivity contribution is 7.22. The molecule has 3 heterocycles. The fraction of sp³-hybridized carbons (Fsp3) is 0.125. The van der Waals surface area contributed by atoms with Crippen molar-refractivity contribution >= 4 is 38.7 Å². The molecular formula is C32H27N3O2S. The quantitative estimate of drug-likeness (QED) is 0.235. The number of fused-ring (bicyclic) bond motifs is 2. The summed E-state index contributed by atoms with van der Waals surface area (Å²) < 4.78 is 8.63. The summed E-state index contributed by atoms with van der Waals surface area (Å²) in [4.78, 5) is 19.1. The van der Waals surface area contributed by atoms with Crippen LogP contribution in [-0.2, 0) is 11.2 Å². The highest BCUT2D eigenvalue weighted by Crippen LogP contribution is 2.35. The number of nitrogens with zero attached hydrogens (tertiary/aromatic N) is 2. The number of benzene rings is 3. The lowest BCUT2D eigenvalue weighted by molar-refractivity contribution is -0.116. The number of pyridine rings is 1. The minimum atomic E-state index is -0.0411. The monoisotopic (exact) mass is 517 g/mol. The summed E-state index contributed by atoms with van der Waals surface area (Å²) in [7, 11) is 1.63. The Morgan fingerprint density at radius 2 is 1.71 bits per heavy atom. The van der Waals surface area contributed by atoms with Crippen molar-refractivity contribution in [3.8, 4) is 27.4 Å². The Hall–Kier alpha value is -4.42. The largest absolute Gasteiger partial charge is 0.497 e.